The zero-order chi connectivity index (χ0) is 10.3. The summed E-state index contributed by atoms with van der Waals surface area (Å²) in [5.74, 6) is 4.15. The van der Waals surface area contributed by atoms with Crippen molar-refractivity contribution in [3.63, 3.8) is 0 Å². The third kappa shape index (κ3) is 1.61. The molecule has 14 heavy (non-hydrogen) atoms. The van der Waals surface area contributed by atoms with Crippen LogP contribution in [0, 0.1) is 29.1 Å². The highest BCUT2D eigenvalue weighted by molar-refractivity contribution is 5.05. The first-order chi connectivity index (χ1) is 6.57. The lowest BCUT2D eigenvalue weighted by Gasteiger charge is -2.24. The SMILES string of the molecule is CCC1CCC2C(CCC1C)C2(C)C. The van der Waals surface area contributed by atoms with Gasteiger partial charge in [0.15, 0.2) is 0 Å². The standard InChI is InChI=1S/C14H26/c1-5-11-7-9-13-12(14(13,3)4)8-6-10(11)2/h10-13H,5-9H2,1-4H3. The lowest BCUT2D eigenvalue weighted by Crippen LogP contribution is -2.13. The predicted octanol–water partition coefficient (Wildman–Crippen LogP) is 4.49. The van der Waals surface area contributed by atoms with E-state index in [1.807, 2.05) is 0 Å². The van der Waals surface area contributed by atoms with E-state index in [1.165, 1.54) is 32.1 Å². The average molecular weight is 194 g/mol. The number of rotatable bonds is 1. The molecule has 0 aliphatic heterocycles. The Morgan fingerprint density at radius 3 is 2.14 bits per heavy atom. The summed E-state index contributed by atoms with van der Waals surface area (Å²) >= 11 is 0. The van der Waals surface area contributed by atoms with Gasteiger partial charge >= 0.3 is 0 Å². The topological polar surface area (TPSA) is 0 Å². The van der Waals surface area contributed by atoms with Crippen LogP contribution in [0.25, 0.3) is 0 Å². The smallest absolute Gasteiger partial charge is 0.0292 e. The predicted molar refractivity (Wildman–Crippen MR) is 62.2 cm³/mol. The minimum absolute atomic E-state index is 0.697. The number of fused-ring (bicyclic) bond motifs is 1. The zero-order valence-electron chi connectivity index (χ0n) is 10.3. The molecule has 0 bridgehead atoms. The van der Waals surface area contributed by atoms with Gasteiger partial charge in [0.2, 0.25) is 0 Å². The van der Waals surface area contributed by atoms with Gasteiger partial charge in [-0.05, 0) is 48.3 Å². The van der Waals surface area contributed by atoms with Gasteiger partial charge in [-0.15, -0.1) is 0 Å². The zero-order valence-corrected chi connectivity index (χ0v) is 10.3. The Bertz CT molecular complexity index is 202. The lowest BCUT2D eigenvalue weighted by molar-refractivity contribution is 0.268. The molecule has 2 rings (SSSR count). The van der Waals surface area contributed by atoms with Gasteiger partial charge in [0.05, 0.1) is 0 Å². The van der Waals surface area contributed by atoms with Gasteiger partial charge in [-0.2, -0.15) is 0 Å². The summed E-state index contributed by atoms with van der Waals surface area (Å²) in [6.07, 6.45) is 7.42. The van der Waals surface area contributed by atoms with Gasteiger partial charge < -0.3 is 0 Å². The maximum atomic E-state index is 2.49. The fourth-order valence-corrected chi connectivity index (χ4v) is 3.97. The third-order valence-corrected chi connectivity index (χ3v) is 5.40. The fraction of sp³-hybridized carbons (Fsp3) is 1.00. The van der Waals surface area contributed by atoms with Gasteiger partial charge in [-0.25, -0.2) is 0 Å². The van der Waals surface area contributed by atoms with E-state index >= 15 is 0 Å². The molecule has 0 aromatic carbocycles. The van der Waals surface area contributed by atoms with Crippen LogP contribution >= 0.6 is 0 Å². The Morgan fingerprint density at radius 1 is 1.00 bits per heavy atom. The second-order valence-corrected chi connectivity index (χ2v) is 6.33. The number of hydrogen-bond donors (Lipinski definition) is 0. The quantitative estimate of drug-likeness (QED) is 0.577. The lowest BCUT2D eigenvalue weighted by atomic mass is 9.81. The second-order valence-electron chi connectivity index (χ2n) is 6.33. The van der Waals surface area contributed by atoms with Crippen LogP contribution in [0.1, 0.15) is 59.8 Å². The number of hydrogen-bond acceptors (Lipinski definition) is 0. The van der Waals surface area contributed by atoms with Crippen LogP contribution in [-0.4, -0.2) is 0 Å². The molecule has 4 atom stereocenters. The molecule has 0 radical (unpaired) electrons. The van der Waals surface area contributed by atoms with Crippen molar-refractivity contribution in [2.75, 3.05) is 0 Å². The molecule has 2 aliphatic rings. The second kappa shape index (κ2) is 3.54. The molecule has 0 spiro atoms. The van der Waals surface area contributed by atoms with E-state index in [0.717, 1.165) is 23.7 Å². The Hall–Kier alpha value is 0. The van der Waals surface area contributed by atoms with Crippen molar-refractivity contribution in [2.24, 2.45) is 29.1 Å². The largest absolute Gasteiger partial charge is 0.0651 e. The van der Waals surface area contributed by atoms with Crippen LogP contribution in [0.15, 0.2) is 0 Å². The maximum Gasteiger partial charge on any atom is -0.0292 e. The summed E-state index contributed by atoms with van der Waals surface area (Å²) in [6, 6.07) is 0. The van der Waals surface area contributed by atoms with E-state index in [-0.39, 0.29) is 0 Å². The fourth-order valence-electron chi connectivity index (χ4n) is 3.97. The summed E-state index contributed by atoms with van der Waals surface area (Å²) in [5.41, 5.74) is 0.697. The summed E-state index contributed by atoms with van der Waals surface area (Å²) in [6.45, 7) is 9.82. The summed E-state index contributed by atoms with van der Waals surface area (Å²) in [7, 11) is 0. The molecule has 2 saturated carbocycles. The highest BCUT2D eigenvalue weighted by Crippen LogP contribution is 2.64. The highest BCUT2D eigenvalue weighted by atomic mass is 14.6. The molecule has 0 heterocycles. The van der Waals surface area contributed by atoms with Crippen LogP contribution in [0.3, 0.4) is 0 Å². The van der Waals surface area contributed by atoms with Crippen LogP contribution in [0.4, 0.5) is 0 Å². The maximum absolute atomic E-state index is 2.49. The first kappa shape index (κ1) is 10.5. The molecule has 0 nitrogen and oxygen atoms in total. The molecule has 82 valence electrons. The van der Waals surface area contributed by atoms with E-state index < -0.39 is 0 Å². The Morgan fingerprint density at radius 2 is 1.57 bits per heavy atom. The first-order valence-corrected chi connectivity index (χ1v) is 6.57. The highest BCUT2D eigenvalue weighted by Gasteiger charge is 2.56. The van der Waals surface area contributed by atoms with Gasteiger partial charge in [0.25, 0.3) is 0 Å². The van der Waals surface area contributed by atoms with Gasteiger partial charge in [-0.3, -0.25) is 0 Å². The van der Waals surface area contributed by atoms with E-state index in [1.54, 1.807) is 0 Å². The van der Waals surface area contributed by atoms with Gasteiger partial charge in [0, 0.05) is 0 Å². The van der Waals surface area contributed by atoms with Gasteiger partial charge in [0.1, 0.15) is 0 Å². The molecule has 0 N–H and O–H groups in total. The van der Waals surface area contributed by atoms with Gasteiger partial charge in [-0.1, -0.05) is 40.5 Å². The van der Waals surface area contributed by atoms with E-state index in [9.17, 15) is 0 Å². The Kier molecular flexibility index (Phi) is 2.66. The third-order valence-electron chi connectivity index (χ3n) is 5.40. The van der Waals surface area contributed by atoms with Crippen molar-refractivity contribution in [3.8, 4) is 0 Å². The molecule has 0 saturated heterocycles. The summed E-state index contributed by atoms with van der Waals surface area (Å²) in [4.78, 5) is 0. The molecule has 4 unspecified atom stereocenters. The van der Waals surface area contributed by atoms with Crippen LogP contribution in [0.2, 0.25) is 0 Å². The average Bonchev–Trinajstić information content (AvgIpc) is 2.61. The van der Waals surface area contributed by atoms with Crippen LogP contribution < -0.4 is 0 Å². The Labute approximate surface area is 89.5 Å². The molecule has 0 aromatic heterocycles. The molecule has 0 amide bonds. The monoisotopic (exact) mass is 194 g/mol. The minimum Gasteiger partial charge on any atom is -0.0651 e. The van der Waals surface area contributed by atoms with Crippen molar-refractivity contribution in [2.45, 2.75) is 59.8 Å². The first-order valence-electron chi connectivity index (χ1n) is 6.57. The van der Waals surface area contributed by atoms with E-state index in [2.05, 4.69) is 27.7 Å². The van der Waals surface area contributed by atoms with Crippen molar-refractivity contribution >= 4 is 0 Å². The molecular formula is C14H26. The van der Waals surface area contributed by atoms with E-state index in [0.29, 0.717) is 5.41 Å². The van der Waals surface area contributed by atoms with Crippen molar-refractivity contribution < 1.29 is 0 Å². The summed E-state index contributed by atoms with van der Waals surface area (Å²) in [5, 5.41) is 0. The molecule has 2 fully saturated rings. The molecular weight excluding hydrogens is 168 g/mol. The Balaban J connectivity index is 1.97. The van der Waals surface area contributed by atoms with Crippen molar-refractivity contribution in [1.82, 2.24) is 0 Å². The van der Waals surface area contributed by atoms with Crippen molar-refractivity contribution in [3.05, 3.63) is 0 Å². The minimum atomic E-state index is 0.697. The normalized spacial score (nSPS) is 46.3. The molecule has 0 heteroatoms. The molecule has 0 aromatic rings. The van der Waals surface area contributed by atoms with Crippen LogP contribution in [0.5, 0.6) is 0 Å². The van der Waals surface area contributed by atoms with Crippen molar-refractivity contribution in [1.29, 1.82) is 0 Å². The van der Waals surface area contributed by atoms with Crippen LogP contribution in [-0.2, 0) is 0 Å². The summed E-state index contributed by atoms with van der Waals surface area (Å²) < 4.78 is 0. The van der Waals surface area contributed by atoms with E-state index in [4.69, 9.17) is 0 Å². The molecule has 2 aliphatic carbocycles.